The van der Waals surface area contributed by atoms with Crippen LogP contribution in [0.2, 0.25) is 0 Å². The molecule has 0 atom stereocenters. The molecule has 3 nitrogen and oxygen atoms in total. The summed E-state index contributed by atoms with van der Waals surface area (Å²) < 4.78 is 5.26. The summed E-state index contributed by atoms with van der Waals surface area (Å²) in [4.78, 5) is 2.36. The molecule has 0 unspecified atom stereocenters. The molecule has 1 aliphatic heterocycles. The summed E-state index contributed by atoms with van der Waals surface area (Å²) in [6.07, 6.45) is 2.42. The molecular weight excluding hydrogens is 212 g/mol. The van der Waals surface area contributed by atoms with Crippen LogP contribution < -0.4 is 15.4 Å². The Morgan fingerprint density at radius 1 is 1.24 bits per heavy atom. The van der Waals surface area contributed by atoms with E-state index >= 15 is 0 Å². The Hall–Kier alpha value is -1.38. The molecule has 1 fully saturated rings. The number of nitrogen functional groups attached to an aromatic ring is 1. The molecule has 0 amide bonds. The Labute approximate surface area is 104 Å². The highest BCUT2D eigenvalue weighted by Gasteiger charge is 2.26. The van der Waals surface area contributed by atoms with Crippen LogP contribution in [0.5, 0.6) is 5.75 Å². The molecule has 0 aromatic heterocycles. The Balaban J connectivity index is 2.17. The predicted octanol–water partition coefficient (Wildman–Crippen LogP) is 2.90. The van der Waals surface area contributed by atoms with E-state index < -0.39 is 0 Å². The molecule has 2 rings (SSSR count). The minimum atomic E-state index is 0.462. The Morgan fingerprint density at radius 2 is 1.88 bits per heavy atom. The molecule has 1 aliphatic rings. The second-order valence-corrected chi connectivity index (χ2v) is 5.58. The number of methoxy groups -OCH3 is 1. The average molecular weight is 234 g/mol. The number of rotatable bonds is 2. The summed E-state index contributed by atoms with van der Waals surface area (Å²) in [5.74, 6) is 0.874. The monoisotopic (exact) mass is 234 g/mol. The third kappa shape index (κ3) is 2.65. The maximum atomic E-state index is 6.05. The van der Waals surface area contributed by atoms with E-state index in [0.717, 1.165) is 30.2 Å². The topological polar surface area (TPSA) is 38.5 Å². The fraction of sp³-hybridized carbons (Fsp3) is 0.571. The van der Waals surface area contributed by atoms with E-state index in [1.165, 1.54) is 12.8 Å². The van der Waals surface area contributed by atoms with Gasteiger partial charge in [0.2, 0.25) is 0 Å². The third-order valence-corrected chi connectivity index (χ3v) is 3.70. The Morgan fingerprint density at radius 3 is 2.47 bits per heavy atom. The van der Waals surface area contributed by atoms with E-state index in [-0.39, 0.29) is 0 Å². The van der Waals surface area contributed by atoms with Crippen molar-refractivity contribution in [3.63, 3.8) is 0 Å². The summed E-state index contributed by atoms with van der Waals surface area (Å²) in [5.41, 5.74) is 8.46. The summed E-state index contributed by atoms with van der Waals surface area (Å²) in [6, 6.07) is 5.87. The van der Waals surface area contributed by atoms with Gasteiger partial charge in [-0.3, -0.25) is 0 Å². The van der Waals surface area contributed by atoms with Gasteiger partial charge in [-0.1, -0.05) is 13.8 Å². The molecule has 0 saturated carbocycles. The van der Waals surface area contributed by atoms with Gasteiger partial charge in [-0.15, -0.1) is 0 Å². The van der Waals surface area contributed by atoms with Crippen molar-refractivity contribution < 1.29 is 4.74 Å². The van der Waals surface area contributed by atoms with Crippen LogP contribution in [0.4, 0.5) is 11.4 Å². The van der Waals surface area contributed by atoms with Crippen LogP contribution in [0.1, 0.15) is 26.7 Å². The minimum absolute atomic E-state index is 0.462. The number of nitrogens with two attached hydrogens (primary N) is 1. The van der Waals surface area contributed by atoms with Crippen molar-refractivity contribution in [2.75, 3.05) is 30.8 Å². The summed E-state index contributed by atoms with van der Waals surface area (Å²) in [6.45, 7) is 6.81. The fourth-order valence-corrected chi connectivity index (χ4v) is 2.28. The van der Waals surface area contributed by atoms with Crippen molar-refractivity contribution in [2.45, 2.75) is 26.7 Å². The van der Waals surface area contributed by atoms with Gasteiger partial charge in [-0.25, -0.2) is 0 Å². The number of piperidine rings is 1. The highest BCUT2D eigenvalue weighted by molar-refractivity contribution is 5.69. The van der Waals surface area contributed by atoms with Gasteiger partial charge in [-0.2, -0.15) is 0 Å². The van der Waals surface area contributed by atoms with E-state index in [1.54, 1.807) is 7.11 Å². The molecule has 1 aromatic carbocycles. The van der Waals surface area contributed by atoms with Gasteiger partial charge in [0.15, 0.2) is 0 Å². The number of anilines is 2. The molecule has 0 spiro atoms. The molecular formula is C14H22N2O. The van der Waals surface area contributed by atoms with Crippen molar-refractivity contribution >= 4 is 11.4 Å². The first kappa shape index (κ1) is 12.1. The molecule has 0 radical (unpaired) electrons. The fourth-order valence-electron chi connectivity index (χ4n) is 2.28. The second kappa shape index (κ2) is 4.47. The summed E-state index contributed by atoms with van der Waals surface area (Å²) in [5, 5.41) is 0. The van der Waals surface area contributed by atoms with Gasteiger partial charge < -0.3 is 15.4 Å². The third-order valence-electron chi connectivity index (χ3n) is 3.70. The zero-order valence-corrected chi connectivity index (χ0v) is 11.0. The Bertz CT molecular complexity index is 391. The van der Waals surface area contributed by atoms with Crippen LogP contribution in [0.3, 0.4) is 0 Å². The van der Waals surface area contributed by atoms with E-state index in [0.29, 0.717) is 5.41 Å². The standard InChI is InChI=1S/C14H22N2O/c1-14(2)6-8-16(9-7-14)13-10-11(17-3)4-5-12(13)15/h4-5,10H,6-9,15H2,1-3H3. The van der Waals surface area contributed by atoms with E-state index in [9.17, 15) is 0 Å². The van der Waals surface area contributed by atoms with Crippen LogP contribution in [-0.4, -0.2) is 20.2 Å². The van der Waals surface area contributed by atoms with Crippen LogP contribution in [0.25, 0.3) is 0 Å². The van der Waals surface area contributed by atoms with Crippen molar-refractivity contribution in [3.8, 4) is 5.75 Å². The molecule has 17 heavy (non-hydrogen) atoms. The number of ether oxygens (including phenoxy) is 1. The second-order valence-electron chi connectivity index (χ2n) is 5.58. The van der Waals surface area contributed by atoms with Gasteiger partial charge in [0.25, 0.3) is 0 Å². The lowest BCUT2D eigenvalue weighted by molar-refractivity contribution is 0.280. The molecule has 1 saturated heterocycles. The molecule has 0 aliphatic carbocycles. The molecule has 3 heteroatoms. The minimum Gasteiger partial charge on any atom is -0.497 e. The van der Waals surface area contributed by atoms with Crippen molar-refractivity contribution in [3.05, 3.63) is 18.2 Å². The zero-order valence-electron chi connectivity index (χ0n) is 11.0. The summed E-state index contributed by atoms with van der Waals surface area (Å²) in [7, 11) is 1.69. The highest BCUT2D eigenvalue weighted by Crippen LogP contribution is 2.35. The smallest absolute Gasteiger partial charge is 0.121 e. The SMILES string of the molecule is COc1ccc(N)c(N2CCC(C)(C)CC2)c1. The lowest BCUT2D eigenvalue weighted by atomic mass is 9.82. The first-order chi connectivity index (χ1) is 8.02. The summed E-state index contributed by atoms with van der Waals surface area (Å²) >= 11 is 0. The van der Waals surface area contributed by atoms with Crippen LogP contribution in [-0.2, 0) is 0 Å². The van der Waals surface area contributed by atoms with E-state index in [4.69, 9.17) is 10.5 Å². The molecule has 2 N–H and O–H groups in total. The normalized spacial score (nSPS) is 19.1. The quantitative estimate of drug-likeness (QED) is 0.800. The molecule has 1 heterocycles. The number of nitrogens with zero attached hydrogens (tertiary/aromatic N) is 1. The molecule has 0 bridgehead atoms. The van der Waals surface area contributed by atoms with Crippen molar-refractivity contribution in [1.82, 2.24) is 0 Å². The first-order valence-electron chi connectivity index (χ1n) is 6.20. The largest absolute Gasteiger partial charge is 0.497 e. The van der Waals surface area contributed by atoms with Gasteiger partial charge >= 0.3 is 0 Å². The van der Waals surface area contributed by atoms with Gasteiger partial charge in [0, 0.05) is 19.2 Å². The van der Waals surface area contributed by atoms with E-state index in [1.807, 2.05) is 18.2 Å². The van der Waals surface area contributed by atoms with Crippen LogP contribution >= 0.6 is 0 Å². The average Bonchev–Trinajstić information content (AvgIpc) is 2.30. The van der Waals surface area contributed by atoms with Gasteiger partial charge in [0.1, 0.15) is 5.75 Å². The Kier molecular flexibility index (Phi) is 3.18. The van der Waals surface area contributed by atoms with Crippen LogP contribution in [0, 0.1) is 5.41 Å². The zero-order chi connectivity index (χ0) is 12.5. The van der Waals surface area contributed by atoms with Crippen molar-refractivity contribution in [2.24, 2.45) is 5.41 Å². The molecule has 1 aromatic rings. The number of hydrogen-bond donors (Lipinski definition) is 1. The number of benzene rings is 1. The van der Waals surface area contributed by atoms with Gasteiger partial charge in [0.05, 0.1) is 18.5 Å². The lowest BCUT2D eigenvalue weighted by Gasteiger charge is -2.38. The highest BCUT2D eigenvalue weighted by atomic mass is 16.5. The van der Waals surface area contributed by atoms with Crippen LogP contribution in [0.15, 0.2) is 18.2 Å². The predicted molar refractivity (Wildman–Crippen MR) is 72.6 cm³/mol. The maximum Gasteiger partial charge on any atom is 0.121 e. The maximum absolute atomic E-state index is 6.05. The van der Waals surface area contributed by atoms with E-state index in [2.05, 4.69) is 18.7 Å². The lowest BCUT2D eigenvalue weighted by Crippen LogP contribution is -2.37. The molecule has 94 valence electrons. The van der Waals surface area contributed by atoms with Gasteiger partial charge in [-0.05, 0) is 30.4 Å². The van der Waals surface area contributed by atoms with Crippen molar-refractivity contribution in [1.29, 1.82) is 0 Å². The number of hydrogen-bond acceptors (Lipinski definition) is 3. The first-order valence-corrected chi connectivity index (χ1v) is 6.20.